The summed E-state index contributed by atoms with van der Waals surface area (Å²) in [6.45, 7) is 2.91. The highest BCUT2D eigenvalue weighted by Gasteiger charge is 2.09. The maximum Gasteiger partial charge on any atom is 0.159 e. The number of hydrogen-bond acceptors (Lipinski definition) is 6. The SMILES string of the molecule is COc1ccc(COCC(C)NC(SC)=C(C#N)C#N)cc1. The number of rotatable bonds is 8. The van der Waals surface area contributed by atoms with Crippen LogP contribution in [0.2, 0.25) is 0 Å². The predicted octanol–water partition coefficient (Wildman–Crippen LogP) is 2.81. The molecule has 0 aliphatic heterocycles. The number of nitriles is 2. The van der Waals surface area contributed by atoms with Gasteiger partial charge in [0.05, 0.1) is 25.4 Å². The minimum Gasteiger partial charge on any atom is -0.497 e. The smallest absolute Gasteiger partial charge is 0.159 e. The number of allylic oxidation sites excluding steroid dienone is 1. The molecular weight excluding hydrogens is 298 g/mol. The third-order valence-corrected chi connectivity index (χ3v) is 3.56. The Bertz CT molecular complexity index is 569. The van der Waals surface area contributed by atoms with Crippen LogP contribution in [-0.4, -0.2) is 26.0 Å². The highest BCUT2D eigenvalue weighted by atomic mass is 32.2. The van der Waals surface area contributed by atoms with E-state index in [4.69, 9.17) is 20.0 Å². The lowest BCUT2D eigenvalue weighted by Crippen LogP contribution is -2.29. The molecule has 1 unspecified atom stereocenters. The van der Waals surface area contributed by atoms with E-state index in [-0.39, 0.29) is 11.6 Å². The number of nitrogens with one attached hydrogen (secondary N) is 1. The second-order valence-electron chi connectivity index (χ2n) is 4.54. The molecule has 0 heterocycles. The van der Waals surface area contributed by atoms with Crippen LogP contribution in [0.4, 0.5) is 0 Å². The van der Waals surface area contributed by atoms with E-state index in [0.717, 1.165) is 11.3 Å². The Morgan fingerprint density at radius 3 is 2.41 bits per heavy atom. The molecule has 0 radical (unpaired) electrons. The molecule has 0 aliphatic carbocycles. The number of hydrogen-bond donors (Lipinski definition) is 1. The van der Waals surface area contributed by atoms with Gasteiger partial charge in [0.15, 0.2) is 5.57 Å². The molecule has 1 aromatic carbocycles. The van der Waals surface area contributed by atoms with Crippen molar-refractivity contribution in [2.45, 2.75) is 19.6 Å². The van der Waals surface area contributed by atoms with Gasteiger partial charge in [0.25, 0.3) is 0 Å². The van der Waals surface area contributed by atoms with Crippen LogP contribution in [0.5, 0.6) is 5.75 Å². The molecule has 5 nitrogen and oxygen atoms in total. The summed E-state index contributed by atoms with van der Waals surface area (Å²) >= 11 is 1.34. The molecule has 6 heteroatoms. The molecular formula is C16H19N3O2S. The summed E-state index contributed by atoms with van der Waals surface area (Å²) < 4.78 is 10.7. The Kier molecular flexibility index (Phi) is 7.91. The first-order valence-electron chi connectivity index (χ1n) is 6.70. The van der Waals surface area contributed by atoms with Crippen LogP contribution >= 0.6 is 11.8 Å². The fourth-order valence-corrected chi connectivity index (χ4v) is 2.31. The average molecular weight is 317 g/mol. The molecule has 0 aliphatic rings. The number of methoxy groups -OCH3 is 1. The first-order chi connectivity index (χ1) is 10.6. The van der Waals surface area contributed by atoms with Gasteiger partial charge in [0.2, 0.25) is 0 Å². The normalized spacial score (nSPS) is 11.0. The maximum absolute atomic E-state index is 8.88. The Morgan fingerprint density at radius 2 is 1.91 bits per heavy atom. The van der Waals surface area contributed by atoms with Crippen LogP contribution in [0.3, 0.4) is 0 Å². The molecule has 1 N–H and O–H groups in total. The van der Waals surface area contributed by atoms with E-state index in [0.29, 0.717) is 18.2 Å². The highest BCUT2D eigenvalue weighted by molar-refractivity contribution is 8.02. The van der Waals surface area contributed by atoms with Gasteiger partial charge in [0, 0.05) is 6.04 Å². The van der Waals surface area contributed by atoms with E-state index in [9.17, 15) is 0 Å². The van der Waals surface area contributed by atoms with Crippen LogP contribution in [0.25, 0.3) is 0 Å². The van der Waals surface area contributed by atoms with E-state index >= 15 is 0 Å². The zero-order valence-corrected chi connectivity index (χ0v) is 13.7. The van der Waals surface area contributed by atoms with Crippen molar-refractivity contribution in [3.05, 3.63) is 40.4 Å². The van der Waals surface area contributed by atoms with Gasteiger partial charge >= 0.3 is 0 Å². The van der Waals surface area contributed by atoms with E-state index in [1.807, 2.05) is 49.6 Å². The molecule has 0 saturated heterocycles. The lowest BCUT2D eigenvalue weighted by Gasteiger charge is -2.17. The average Bonchev–Trinajstić information content (AvgIpc) is 2.55. The summed E-state index contributed by atoms with van der Waals surface area (Å²) in [6, 6.07) is 11.4. The Labute approximate surface area is 135 Å². The number of thioether (sulfide) groups is 1. The molecule has 116 valence electrons. The fraction of sp³-hybridized carbons (Fsp3) is 0.375. The monoisotopic (exact) mass is 317 g/mol. The Balaban J connectivity index is 2.46. The minimum absolute atomic E-state index is 0.00241. The Hall–Kier alpha value is -2.15. The summed E-state index contributed by atoms with van der Waals surface area (Å²) in [5.74, 6) is 0.814. The van der Waals surface area contributed by atoms with Crippen molar-refractivity contribution < 1.29 is 9.47 Å². The van der Waals surface area contributed by atoms with Crippen LogP contribution < -0.4 is 10.1 Å². The van der Waals surface area contributed by atoms with Crippen molar-refractivity contribution in [1.29, 1.82) is 10.5 Å². The topological polar surface area (TPSA) is 78.1 Å². The van der Waals surface area contributed by atoms with E-state index in [2.05, 4.69) is 5.32 Å². The van der Waals surface area contributed by atoms with E-state index < -0.39 is 0 Å². The van der Waals surface area contributed by atoms with Crippen molar-refractivity contribution >= 4 is 11.8 Å². The predicted molar refractivity (Wildman–Crippen MR) is 87.0 cm³/mol. The van der Waals surface area contributed by atoms with Crippen LogP contribution in [0, 0.1) is 22.7 Å². The molecule has 1 atom stereocenters. The van der Waals surface area contributed by atoms with Crippen molar-refractivity contribution in [2.24, 2.45) is 0 Å². The van der Waals surface area contributed by atoms with Gasteiger partial charge in [-0.2, -0.15) is 10.5 Å². The van der Waals surface area contributed by atoms with Gasteiger partial charge in [-0.05, 0) is 30.9 Å². The first-order valence-corrected chi connectivity index (χ1v) is 7.92. The Morgan fingerprint density at radius 1 is 1.27 bits per heavy atom. The first kappa shape index (κ1) is 17.9. The molecule has 0 bridgehead atoms. The third-order valence-electron chi connectivity index (χ3n) is 2.83. The van der Waals surface area contributed by atoms with Crippen molar-refractivity contribution in [1.82, 2.24) is 5.32 Å². The van der Waals surface area contributed by atoms with E-state index in [1.54, 1.807) is 7.11 Å². The van der Waals surface area contributed by atoms with Crippen LogP contribution in [0.1, 0.15) is 12.5 Å². The van der Waals surface area contributed by atoms with Crippen molar-refractivity contribution in [3.8, 4) is 17.9 Å². The standard InChI is InChI=1S/C16H19N3O2S/c1-12(19-16(22-3)14(8-17)9-18)10-21-11-13-4-6-15(20-2)7-5-13/h4-7,12,19H,10-11H2,1-3H3. The fourth-order valence-electron chi connectivity index (χ4n) is 1.70. The van der Waals surface area contributed by atoms with Gasteiger partial charge in [-0.1, -0.05) is 12.1 Å². The lowest BCUT2D eigenvalue weighted by atomic mass is 10.2. The summed E-state index contributed by atoms with van der Waals surface area (Å²) in [5, 5.41) is 21.5. The van der Waals surface area contributed by atoms with Gasteiger partial charge < -0.3 is 14.8 Å². The zero-order chi connectivity index (χ0) is 16.4. The van der Waals surface area contributed by atoms with Gasteiger partial charge in [-0.25, -0.2) is 0 Å². The number of nitrogens with zero attached hydrogens (tertiary/aromatic N) is 2. The van der Waals surface area contributed by atoms with Crippen molar-refractivity contribution in [3.63, 3.8) is 0 Å². The summed E-state index contributed by atoms with van der Waals surface area (Å²) in [6.07, 6.45) is 1.82. The molecule has 1 rings (SSSR count). The van der Waals surface area contributed by atoms with Gasteiger partial charge in [0.1, 0.15) is 17.9 Å². The minimum atomic E-state index is -0.00241. The summed E-state index contributed by atoms with van der Waals surface area (Å²) in [7, 11) is 1.63. The largest absolute Gasteiger partial charge is 0.497 e. The molecule has 0 spiro atoms. The zero-order valence-electron chi connectivity index (χ0n) is 12.9. The summed E-state index contributed by atoms with van der Waals surface area (Å²) in [4.78, 5) is 0. The maximum atomic E-state index is 8.88. The summed E-state index contributed by atoms with van der Waals surface area (Å²) in [5.41, 5.74) is 1.15. The molecule has 0 saturated carbocycles. The molecule has 0 amide bonds. The van der Waals surface area contributed by atoms with Crippen LogP contribution in [0.15, 0.2) is 34.9 Å². The quantitative estimate of drug-likeness (QED) is 0.743. The molecule has 0 fully saturated rings. The van der Waals surface area contributed by atoms with Crippen LogP contribution in [-0.2, 0) is 11.3 Å². The van der Waals surface area contributed by atoms with Gasteiger partial charge in [-0.3, -0.25) is 0 Å². The molecule has 1 aromatic rings. The van der Waals surface area contributed by atoms with E-state index in [1.165, 1.54) is 11.8 Å². The van der Waals surface area contributed by atoms with Gasteiger partial charge in [-0.15, -0.1) is 11.8 Å². The molecule has 0 aromatic heterocycles. The third kappa shape index (κ3) is 5.69. The number of ether oxygens (including phenoxy) is 2. The second kappa shape index (κ2) is 9.73. The number of benzene rings is 1. The molecule has 22 heavy (non-hydrogen) atoms. The second-order valence-corrected chi connectivity index (χ2v) is 5.36. The lowest BCUT2D eigenvalue weighted by molar-refractivity contribution is 0.106. The highest BCUT2D eigenvalue weighted by Crippen LogP contribution is 2.14. The van der Waals surface area contributed by atoms with Crippen molar-refractivity contribution in [2.75, 3.05) is 20.0 Å².